The van der Waals surface area contributed by atoms with Crippen LogP contribution in [0.15, 0.2) is 36.5 Å². The quantitative estimate of drug-likeness (QED) is 0.621. The van der Waals surface area contributed by atoms with Gasteiger partial charge in [-0.05, 0) is 32.4 Å². The van der Waals surface area contributed by atoms with E-state index in [1.165, 1.54) is 6.26 Å². The maximum absolute atomic E-state index is 12.8. The lowest BCUT2D eigenvalue weighted by Crippen LogP contribution is -2.56. The number of fused-ring (bicyclic) bond motifs is 3. The average molecular weight is 470 g/mol. The van der Waals surface area contributed by atoms with Gasteiger partial charge < -0.3 is 14.4 Å². The number of nitrogens with zero attached hydrogens (tertiary/aromatic N) is 4. The van der Waals surface area contributed by atoms with E-state index in [0.29, 0.717) is 42.9 Å². The molecular weight excluding hydrogens is 442 g/mol. The zero-order valence-corrected chi connectivity index (χ0v) is 19.9. The van der Waals surface area contributed by atoms with Crippen molar-refractivity contribution in [1.29, 1.82) is 0 Å². The van der Waals surface area contributed by atoms with Crippen LogP contribution in [0.25, 0.3) is 22.6 Å². The third kappa shape index (κ3) is 3.67. The molecule has 2 aliphatic rings. The molecule has 1 aromatic carbocycles. The summed E-state index contributed by atoms with van der Waals surface area (Å²) in [7, 11) is -3.49. The lowest BCUT2D eigenvalue weighted by atomic mass is 10.0. The molecule has 0 amide bonds. The van der Waals surface area contributed by atoms with E-state index in [0.717, 1.165) is 16.8 Å². The Morgan fingerprint density at radius 3 is 2.45 bits per heavy atom. The van der Waals surface area contributed by atoms with Crippen LogP contribution in [0.1, 0.15) is 26.5 Å². The highest BCUT2D eigenvalue weighted by Gasteiger charge is 2.43. The lowest BCUT2D eigenvalue weighted by Gasteiger charge is -2.45. The Kier molecular flexibility index (Phi) is 5.17. The van der Waals surface area contributed by atoms with E-state index in [1.54, 1.807) is 20.0 Å². The third-order valence-electron chi connectivity index (χ3n) is 6.50. The van der Waals surface area contributed by atoms with Crippen molar-refractivity contribution in [2.24, 2.45) is 0 Å². The van der Waals surface area contributed by atoms with E-state index >= 15 is 0 Å². The van der Waals surface area contributed by atoms with E-state index in [-0.39, 0.29) is 12.1 Å². The number of morpholine rings is 1. The normalized spacial score (nSPS) is 20.7. The highest BCUT2D eigenvalue weighted by Crippen LogP contribution is 2.44. The number of ether oxygens (including phenoxy) is 2. The van der Waals surface area contributed by atoms with Crippen molar-refractivity contribution in [2.45, 2.75) is 37.6 Å². The summed E-state index contributed by atoms with van der Waals surface area (Å²) in [6, 6.07) is 9.77. The number of anilines is 1. The van der Waals surface area contributed by atoms with Gasteiger partial charge in [-0.2, -0.15) is 5.10 Å². The lowest BCUT2D eigenvalue weighted by molar-refractivity contribution is 0.0482. The SMILES string of the molecule is C[C@@H]1COC[C@H]2COc3c(nc(-c4ccc(-c5ccn[nH]5)cc4)nc3C(C)(C)S(C)(=O)=O)N21. The van der Waals surface area contributed by atoms with Crippen LogP contribution in [-0.4, -0.2) is 66.7 Å². The zero-order chi connectivity index (χ0) is 23.4. The van der Waals surface area contributed by atoms with Gasteiger partial charge in [0.2, 0.25) is 0 Å². The highest BCUT2D eigenvalue weighted by atomic mass is 32.2. The fourth-order valence-corrected chi connectivity index (χ4v) is 4.75. The molecule has 2 aromatic heterocycles. The first-order valence-corrected chi connectivity index (χ1v) is 12.8. The molecule has 0 bridgehead atoms. The zero-order valence-electron chi connectivity index (χ0n) is 19.1. The highest BCUT2D eigenvalue weighted by molar-refractivity contribution is 7.91. The van der Waals surface area contributed by atoms with E-state index < -0.39 is 14.6 Å². The number of hydrogen-bond donors (Lipinski definition) is 1. The van der Waals surface area contributed by atoms with Crippen LogP contribution < -0.4 is 9.64 Å². The van der Waals surface area contributed by atoms with Gasteiger partial charge >= 0.3 is 0 Å². The van der Waals surface area contributed by atoms with E-state index in [9.17, 15) is 8.42 Å². The van der Waals surface area contributed by atoms with Gasteiger partial charge in [-0.1, -0.05) is 24.3 Å². The number of sulfone groups is 1. The second kappa shape index (κ2) is 7.81. The predicted molar refractivity (Wildman–Crippen MR) is 125 cm³/mol. The minimum absolute atomic E-state index is 0.0148. The summed E-state index contributed by atoms with van der Waals surface area (Å²) >= 11 is 0. The monoisotopic (exact) mass is 469 g/mol. The molecule has 33 heavy (non-hydrogen) atoms. The molecule has 0 aliphatic carbocycles. The van der Waals surface area contributed by atoms with E-state index in [1.807, 2.05) is 30.3 Å². The van der Waals surface area contributed by atoms with Crippen LogP contribution in [-0.2, 0) is 19.3 Å². The summed E-state index contributed by atoms with van der Waals surface area (Å²) in [5.74, 6) is 1.52. The molecule has 0 spiro atoms. The summed E-state index contributed by atoms with van der Waals surface area (Å²) in [5.41, 5.74) is 3.05. The number of hydrogen-bond acceptors (Lipinski definition) is 8. The fourth-order valence-electron chi connectivity index (χ4n) is 4.26. The molecule has 2 atom stereocenters. The average Bonchev–Trinajstić information content (AvgIpc) is 3.32. The van der Waals surface area contributed by atoms with Crippen molar-refractivity contribution in [3.63, 3.8) is 0 Å². The Bertz CT molecular complexity index is 1270. The summed E-state index contributed by atoms with van der Waals surface area (Å²) in [6.45, 7) is 6.89. The summed E-state index contributed by atoms with van der Waals surface area (Å²) in [5, 5.41) is 6.95. The number of H-pyrrole nitrogens is 1. The molecule has 5 rings (SSSR count). The Hall–Kier alpha value is -2.98. The Morgan fingerprint density at radius 2 is 1.79 bits per heavy atom. The van der Waals surface area contributed by atoms with Crippen molar-refractivity contribution in [2.75, 3.05) is 31.0 Å². The van der Waals surface area contributed by atoms with Gasteiger partial charge in [0.1, 0.15) is 17.0 Å². The number of nitrogens with one attached hydrogen (secondary N) is 1. The molecule has 0 unspecified atom stereocenters. The van der Waals surface area contributed by atoms with Gasteiger partial charge in [0, 0.05) is 18.0 Å². The largest absolute Gasteiger partial charge is 0.486 e. The molecule has 1 fully saturated rings. The summed E-state index contributed by atoms with van der Waals surface area (Å²) in [4.78, 5) is 11.8. The molecule has 2 aliphatic heterocycles. The van der Waals surface area contributed by atoms with Gasteiger partial charge in [0.15, 0.2) is 27.2 Å². The minimum atomic E-state index is -3.49. The van der Waals surface area contributed by atoms with E-state index in [4.69, 9.17) is 19.4 Å². The van der Waals surface area contributed by atoms with Crippen molar-refractivity contribution in [3.8, 4) is 28.4 Å². The van der Waals surface area contributed by atoms with Gasteiger partial charge in [-0.15, -0.1) is 0 Å². The molecule has 1 saturated heterocycles. The maximum atomic E-state index is 12.8. The maximum Gasteiger partial charge on any atom is 0.185 e. The molecule has 1 N–H and O–H groups in total. The number of aromatic nitrogens is 4. The first kappa shape index (κ1) is 21.8. The molecule has 0 saturated carbocycles. The van der Waals surface area contributed by atoms with Gasteiger partial charge in [-0.3, -0.25) is 5.10 Å². The van der Waals surface area contributed by atoms with Gasteiger partial charge in [-0.25, -0.2) is 18.4 Å². The molecule has 9 nitrogen and oxygen atoms in total. The topological polar surface area (TPSA) is 110 Å². The number of benzene rings is 1. The predicted octanol–water partition coefficient (Wildman–Crippen LogP) is 2.80. The van der Waals surface area contributed by atoms with Gasteiger partial charge in [0.25, 0.3) is 0 Å². The standard InChI is InChI=1S/C23H27N5O4S/c1-14-11-31-12-17-13-32-19-20(23(2,3)33(4,29)30)25-21(26-22(19)28(14)17)16-7-5-15(6-8-16)18-9-10-24-27-18/h5-10,14,17H,11-13H2,1-4H3,(H,24,27)/t14-,17+/m1/s1. The Labute approximate surface area is 193 Å². The summed E-state index contributed by atoms with van der Waals surface area (Å²) < 4.78 is 36.0. The molecule has 174 valence electrons. The van der Waals surface area contributed by atoms with Crippen LogP contribution in [0.4, 0.5) is 5.82 Å². The third-order valence-corrected chi connectivity index (χ3v) is 8.55. The van der Waals surface area contributed by atoms with Crippen molar-refractivity contribution >= 4 is 15.7 Å². The van der Waals surface area contributed by atoms with Gasteiger partial charge in [0.05, 0.1) is 31.0 Å². The van der Waals surface area contributed by atoms with Crippen molar-refractivity contribution in [3.05, 3.63) is 42.2 Å². The van der Waals surface area contributed by atoms with E-state index in [2.05, 4.69) is 22.0 Å². The van der Waals surface area contributed by atoms with Crippen LogP contribution >= 0.6 is 0 Å². The van der Waals surface area contributed by atoms with Crippen molar-refractivity contribution < 1.29 is 17.9 Å². The van der Waals surface area contributed by atoms with Crippen LogP contribution in [0, 0.1) is 0 Å². The van der Waals surface area contributed by atoms with Crippen LogP contribution in [0.3, 0.4) is 0 Å². The first-order chi connectivity index (χ1) is 15.7. The second-order valence-corrected chi connectivity index (χ2v) is 11.7. The molecule has 10 heteroatoms. The van der Waals surface area contributed by atoms with Crippen LogP contribution in [0.5, 0.6) is 5.75 Å². The van der Waals surface area contributed by atoms with Crippen molar-refractivity contribution in [1.82, 2.24) is 20.2 Å². The smallest absolute Gasteiger partial charge is 0.185 e. The van der Waals surface area contributed by atoms with Crippen LogP contribution in [0.2, 0.25) is 0 Å². The molecule has 3 aromatic rings. The summed E-state index contributed by atoms with van der Waals surface area (Å²) in [6.07, 6.45) is 2.93. The minimum Gasteiger partial charge on any atom is -0.486 e. The number of aromatic amines is 1. The molecule has 4 heterocycles. The number of rotatable bonds is 4. The Morgan fingerprint density at radius 1 is 1.06 bits per heavy atom. The molecular formula is C23H27N5O4S. The fraction of sp³-hybridized carbons (Fsp3) is 0.435. The second-order valence-electron chi connectivity index (χ2n) is 9.14. The molecule has 0 radical (unpaired) electrons. The Balaban J connectivity index is 1.68. The first-order valence-electron chi connectivity index (χ1n) is 10.9.